The minimum absolute atomic E-state index is 0.0968. The molecule has 0 saturated carbocycles. The summed E-state index contributed by atoms with van der Waals surface area (Å²) in [6, 6.07) is 15.1. The number of ether oxygens (including phenoxy) is 1. The molecule has 1 atom stereocenters. The molecule has 0 fully saturated rings. The predicted molar refractivity (Wildman–Crippen MR) is 126 cm³/mol. The quantitative estimate of drug-likeness (QED) is 0.344. The van der Waals surface area contributed by atoms with Crippen LogP contribution >= 0.6 is 27.7 Å². The summed E-state index contributed by atoms with van der Waals surface area (Å²) < 4.78 is 9.47. The molecule has 0 N–H and O–H groups in total. The summed E-state index contributed by atoms with van der Waals surface area (Å²) >= 11 is 5.35. The molecule has 3 nitrogen and oxygen atoms in total. The normalized spacial score (nSPS) is 12.9. The van der Waals surface area contributed by atoms with Crippen LogP contribution in [0.2, 0.25) is 0 Å². The van der Waals surface area contributed by atoms with Crippen molar-refractivity contribution in [3.8, 4) is 0 Å². The van der Waals surface area contributed by atoms with E-state index < -0.39 is 0 Å². The van der Waals surface area contributed by atoms with Crippen LogP contribution in [0.3, 0.4) is 0 Å². The number of nitrogens with zero attached hydrogens (tertiary/aromatic N) is 2. The molecule has 3 rings (SSSR count). The van der Waals surface area contributed by atoms with Crippen molar-refractivity contribution >= 4 is 27.7 Å². The van der Waals surface area contributed by atoms with Gasteiger partial charge in [0.1, 0.15) is 0 Å². The Bertz CT molecular complexity index is 902. The monoisotopic (exact) mass is 472 g/mol. The van der Waals surface area contributed by atoms with E-state index in [0.29, 0.717) is 6.61 Å². The number of halogens is 1. The largest absolute Gasteiger partial charge is 0.371 e. The number of rotatable bonds is 8. The van der Waals surface area contributed by atoms with E-state index in [1.165, 1.54) is 21.6 Å². The van der Waals surface area contributed by atoms with Gasteiger partial charge >= 0.3 is 0 Å². The summed E-state index contributed by atoms with van der Waals surface area (Å²) in [5, 5.41) is 0. The summed E-state index contributed by atoms with van der Waals surface area (Å²) in [7, 11) is 0. The van der Waals surface area contributed by atoms with Gasteiger partial charge in [-0.3, -0.25) is 0 Å². The number of hydrogen-bond donors (Lipinski definition) is 0. The molecule has 0 aliphatic heterocycles. The Balaban J connectivity index is 1.65. The first-order valence-electron chi connectivity index (χ1n) is 9.87. The zero-order valence-electron chi connectivity index (χ0n) is 17.6. The lowest BCUT2D eigenvalue weighted by atomic mass is 9.86. The highest BCUT2D eigenvalue weighted by molar-refractivity contribution is 9.10. The average Bonchev–Trinajstić information content (AvgIpc) is 3.18. The van der Waals surface area contributed by atoms with Crippen molar-refractivity contribution < 1.29 is 4.74 Å². The second-order valence-corrected chi connectivity index (χ2v) is 10.3. The maximum atomic E-state index is 6.30. The second kappa shape index (κ2) is 9.96. The van der Waals surface area contributed by atoms with Gasteiger partial charge in [0.15, 0.2) is 0 Å². The maximum absolute atomic E-state index is 6.30. The van der Waals surface area contributed by atoms with Crippen molar-refractivity contribution in [3.05, 3.63) is 82.3 Å². The van der Waals surface area contributed by atoms with Crippen LogP contribution in [0.15, 0.2) is 70.6 Å². The third-order valence-corrected chi connectivity index (χ3v) is 6.67. The molecule has 3 aromatic rings. The van der Waals surface area contributed by atoms with Gasteiger partial charge in [0.05, 0.1) is 25.6 Å². The Hall–Kier alpha value is -1.56. The first-order valence-corrected chi connectivity index (χ1v) is 11.6. The van der Waals surface area contributed by atoms with Gasteiger partial charge in [0.2, 0.25) is 0 Å². The number of aryl methyl sites for hydroxylation is 1. The Labute approximate surface area is 187 Å². The Kier molecular flexibility index (Phi) is 7.60. The van der Waals surface area contributed by atoms with E-state index in [1.807, 2.05) is 30.5 Å². The molecule has 0 radical (unpaired) electrons. The standard InChI is InChI=1S/C24H29BrN2OS/c1-18-13-20(24(2,3)4)7-10-23(18)29-16-22(14-27-12-11-26-17-27)28-15-19-5-8-21(25)9-6-19/h5-13,17,22H,14-16H2,1-4H3. The summed E-state index contributed by atoms with van der Waals surface area (Å²) in [6.45, 7) is 10.4. The van der Waals surface area contributed by atoms with E-state index in [9.17, 15) is 0 Å². The topological polar surface area (TPSA) is 27.1 Å². The maximum Gasteiger partial charge on any atom is 0.0946 e. The van der Waals surface area contributed by atoms with Gasteiger partial charge in [-0.1, -0.05) is 61.0 Å². The Morgan fingerprint density at radius 2 is 1.90 bits per heavy atom. The lowest BCUT2D eigenvalue weighted by molar-refractivity contribution is 0.0450. The van der Waals surface area contributed by atoms with Crippen LogP contribution in [-0.2, 0) is 23.3 Å². The third kappa shape index (κ3) is 6.73. The van der Waals surface area contributed by atoms with E-state index >= 15 is 0 Å². The van der Waals surface area contributed by atoms with Crippen molar-refractivity contribution in [2.45, 2.75) is 57.3 Å². The van der Waals surface area contributed by atoms with Crippen LogP contribution in [0, 0.1) is 6.92 Å². The zero-order valence-corrected chi connectivity index (χ0v) is 20.0. The van der Waals surface area contributed by atoms with E-state index in [4.69, 9.17) is 4.74 Å². The number of aromatic nitrogens is 2. The molecule has 0 aliphatic rings. The minimum atomic E-state index is 0.0968. The van der Waals surface area contributed by atoms with Crippen LogP contribution in [0.25, 0.3) is 0 Å². The lowest BCUT2D eigenvalue weighted by Crippen LogP contribution is -2.22. The highest BCUT2D eigenvalue weighted by Crippen LogP contribution is 2.30. The molecule has 5 heteroatoms. The minimum Gasteiger partial charge on any atom is -0.371 e. The van der Waals surface area contributed by atoms with E-state index in [2.05, 4.69) is 95.6 Å². The fraction of sp³-hybridized carbons (Fsp3) is 0.375. The molecule has 1 unspecified atom stereocenters. The summed E-state index contributed by atoms with van der Waals surface area (Å²) in [6.07, 6.45) is 5.75. The van der Waals surface area contributed by atoms with E-state index in [0.717, 1.165) is 16.8 Å². The summed E-state index contributed by atoms with van der Waals surface area (Å²) in [5.74, 6) is 0.893. The lowest BCUT2D eigenvalue weighted by Gasteiger charge is -2.22. The fourth-order valence-electron chi connectivity index (χ4n) is 3.04. The smallest absolute Gasteiger partial charge is 0.0946 e. The molecule has 0 bridgehead atoms. The number of thioether (sulfide) groups is 1. The molecular formula is C24H29BrN2OS. The van der Waals surface area contributed by atoms with Gasteiger partial charge < -0.3 is 9.30 Å². The van der Waals surface area contributed by atoms with Gasteiger partial charge in [-0.2, -0.15) is 0 Å². The average molecular weight is 473 g/mol. The molecule has 2 aromatic carbocycles. The highest BCUT2D eigenvalue weighted by Gasteiger charge is 2.16. The van der Waals surface area contributed by atoms with Gasteiger partial charge in [-0.05, 0) is 47.2 Å². The molecule has 0 amide bonds. The van der Waals surface area contributed by atoms with Crippen molar-refractivity contribution in [2.24, 2.45) is 0 Å². The van der Waals surface area contributed by atoms with Crippen molar-refractivity contribution in [3.63, 3.8) is 0 Å². The molecule has 0 saturated heterocycles. The molecular weight excluding hydrogens is 444 g/mol. The van der Waals surface area contributed by atoms with Crippen molar-refractivity contribution in [1.29, 1.82) is 0 Å². The number of benzene rings is 2. The molecule has 29 heavy (non-hydrogen) atoms. The van der Waals surface area contributed by atoms with Gasteiger partial charge in [0, 0.05) is 27.5 Å². The summed E-state index contributed by atoms with van der Waals surface area (Å²) in [5.41, 5.74) is 4.06. The van der Waals surface area contributed by atoms with Crippen LogP contribution in [-0.4, -0.2) is 21.4 Å². The number of hydrogen-bond acceptors (Lipinski definition) is 3. The first kappa shape index (κ1) is 22.1. The second-order valence-electron chi connectivity index (χ2n) is 8.36. The van der Waals surface area contributed by atoms with Crippen LogP contribution in [0.1, 0.15) is 37.5 Å². The van der Waals surface area contributed by atoms with E-state index in [-0.39, 0.29) is 11.5 Å². The molecule has 0 aliphatic carbocycles. The van der Waals surface area contributed by atoms with Gasteiger partial charge in [-0.15, -0.1) is 11.8 Å². The molecule has 1 heterocycles. The van der Waals surface area contributed by atoms with Crippen LogP contribution < -0.4 is 0 Å². The molecule has 0 spiro atoms. The predicted octanol–water partition coefficient (Wildman–Crippen LogP) is 6.63. The van der Waals surface area contributed by atoms with E-state index in [1.54, 1.807) is 0 Å². The molecule has 154 valence electrons. The first-order chi connectivity index (χ1) is 13.8. The SMILES string of the molecule is Cc1cc(C(C)(C)C)ccc1SCC(Cn1ccnc1)OCc1ccc(Br)cc1. The molecule has 1 aromatic heterocycles. The summed E-state index contributed by atoms with van der Waals surface area (Å²) in [4.78, 5) is 5.48. The van der Waals surface area contributed by atoms with Gasteiger partial charge in [-0.25, -0.2) is 4.98 Å². The fourth-order valence-corrected chi connectivity index (χ4v) is 4.32. The van der Waals surface area contributed by atoms with Crippen LogP contribution in [0.5, 0.6) is 0 Å². The number of imidazole rings is 1. The Morgan fingerprint density at radius 1 is 1.14 bits per heavy atom. The highest BCUT2D eigenvalue weighted by atomic mass is 79.9. The zero-order chi connectivity index (χ0) is 20.9. The third-order valence-electron chi connectivity index (χ3n) is 4.84. The van der Waals surface area contributed by atoms with Gasteiger partial charge in [0.25, 0.3) is 0 Å². The van der Waals surface area contributed by atoms with Crippen molar-refractivity contribution in [1.82, 2.24) is 9.55 Å². The Morgan fingerprint density at radius 3 is 2.52 bits per heavy atom. The van der Waals surface area contributed by atoms with Crippen LogP contribution in [0.4, 0.5) is 0 Å². The van der Waals surface area contributed by atoms with Crippen molar-refractivity contribution in [2.75, 3.05) is 5.75 Å².